The van der Waals surface area contributed by atoms with E-state index in [1.165, 1.54) is 11.8 Å². The number of hydrogen-bond donors (Lipinski definition) is 2. The molecule has 0 radical (unpaired) electrons. The minimum Gasteiger partial charge on any atom is -0.335 e. The Labute approximate surface area is 140 Å². The number of nitrogens with zero attached hydrogens (tertiary/aromatic N) is 3. The minimum absolute atomic E-state index is 0.184. The van der Waals surface area contributed by atoms with Crippen molar-refractivity contribution < 1.29 is 9.59 Å². The van der Waals surface area contributed by atoms with Crippen LogP contribution in [0.25, 0.3) is 0 Å². The predicted octanol–water partition coefficient (Wildman–Crippen LogP) is 2.02. The predicted molar refractivity (Wildman–Crippen MR) is 89.2 cm³/mol. The van der Waals surface area contributed by atoms with Gasteiger partial charge in [-0.2, -0.15) is 0 Å². The van der Waals surface area contributed by atoms with Gasteiger partial charge in [-0.15, -0.1) is 16.8 Å². The third-order valence-corrected chi connectivity index (χ3v) is 4.87. The SMILES string of the molecule is C=CCn1c(C)nnc1S[C@H](C)C(=O)NC(=O)NC1CCCC1. The molecule has 1 heterocycles. The van der Waals surface area contributed by atoms with Crippen molar-refractivity contribution in [1.29, 1.82) is 0 Å². The Morgan fingerprint density at radius 2 is 2.13 bits per heavy atom. The Balaban J connectivity index is 1.87. The van der Waals surface area contributed by atoms with E-state index in [2.05, 4.69) is 27.4 Å². The lowest BCUT2D eigenvalue weighted by atomic mass is 10.2. The molecule has 1 saturated carbocycles. The van der Waals surface area contributed by atoms with Crippen LogP contribution in [-0.2, 0) is 11.3 Å². The van der Waals surface area contributed by atoms with Crippen molar-refractivity contribution >= 4 is 23.7 Å². The molecule has 1 aromatic rings. The first-order chi connectivity index (χ1) is 11.0. The highest BCUT2D eigenvalue weighted by Gasteiger charge is 2.22. The van der Waals surface area contributed by atoms with Gasteiger partial charge in [-0.05, 0) is 26.7 Å². The van der Waals surface area contributed by atoms with E-state index in [0.29, 0.717) is 11.7 Å². The first-order valence-corrected chi connectivity index (χ1v) is 8.68. The van der Waals surface area contributed by atoms with Crippen molar-refractivity contribution in [3.05, 3.63) is 18.5 Å². The number of nitrogens with one attached hydrogen (secondary N) is 2. The van der Waals surface area contributed by atoms with Gasteiger partial charge in [-0.25, -0.2) is 4.79 Å². The van der Waals surface area contributed by atoms with Gasteiger partial charge in [0, 0.05) is 12.6 Å². The maximum absolute atomic E-state index is 12.1. The molecule has 1 aromatic heterocycles. The number of hydrogen-bond acceptors (Lipinski definition) is 5. The van der Waals surface area contributed by atoms with Crippen LogP contribution in [-0.4, -0.2) is 38.0 Å². The van der Waals surface area contributed by atoms with Crippen LogP contribution >= 0.6 is 11.8 Å². The monoisotopic (exact) mass is 337 g/mol. The normalized spacial score (nSPS) is 16.1. The Bertz CT molecular complexity index is 580. The molecular formula is C15H23N5O2S. The summed E-state index contributed by atoms with van der Waals surface area (Å²) in [4.78, 5) is 24.0. The lowest BCUT2D eigenvalue weighted by molar-refractivity contribution is -0.119. The topological polar surface area (TPSA) is 88.9 Å². The molecule has 1 aliphatic rings. The summed E-state index contributed by atoms with van der Waals surface area (Å²) >= 11 is 1.27. The van der Waals surface area contributed by atoms with E-state index in [1.54, 1.807) is 13.0 Å². The zero-order valence-corrected chi connectivity index (χ0v) is 14.4. The Hall–Kier alpha value is -1.83. The molecule has 0 aromatic carbocycles. The highest BCUT2D eigenvalue weighted by atomic mass is 32.2. The van der Waals surface area contributed by atoms with Gasteiger partial charge in [0.1, 0.15) is 5.82 Å². The van der Waals surface area contributed by atoms with Crippen LogP contribution in [0.5, 0.6) is 0 Å². The third-order valence-electron chi connectivity index (χ3n) is 3.79. The molecule has 23 heavy (non-hydrogen) atoms. The Morgan fingerprint density at radius 1 is 1.43 bits per heavy atom. The number of aromatic nitrogens is 3. The molecule has 0 bridgehead atoms. The maximum atomic E-state index is 12.1. The molecule has 2 N–H and O–H groups in total. The Morgan fingerprint density at radius 3 is 2.78 bits per heavy atom. The van der Waals surface area contributed by atoms with Crippen molar-refractivity contribution in [2.75, 3.05) is 0 Å². The number of carbonyl (C=O) groups is 2. The smallest absolute Gasteiger partial charge is 0.321 e. The second kappa shape index (κ2) is 8.14. The van der Waals surface area contributed by atoms with Crippen LogP contribution in [0.15, 0.2) is 17.8 Å². The van der Waals surface area contributed by atoms with E-state index < -0.39 is 11.3 Å². The van der Waals surface area contributed by atoms with Crippen LogP contribution in [0.1, 0.15) is 38.4 Å². The number of amides is 3. The van der Waals surface area contributed by atoms with Crippen molar-refractivity contribution in [2.45, 2.75) is 62.5 Å². The summed E-state index contributed by atoms with van der Waals surface area (Å²) in [7, 11) is 0. The Kier molecular flexibility index (Phi) is 6.20. The highest BCUT2D eigenvalue weighted by Crippen LogP contribution is 2.22. The second-order valence-corrected chi connectivity index (χ2v) is 6.94. The zero-order valence-electron chi connectivity index (χ0n) is 13.5. The number of carbonyl (C=O) groups excluding carboxylic acids is 2. The molecule has 7 nitrogen and oxygen atoms in total. The van der Waals surface area contributed by atoms with E-state index >= 15 is 0 Å². The van der Waals surface area contributed by atoms with E-state index in [1.807, 2.05) is 11.5 Å². The number of imide groups is 1. The number of aryl methyl sites for hydroxylation is 1. The van der Waals surface area contributed by atoms with Crippen molar-refractivity contribution in [3.63, 3.8) is 0 Å². The summed E-state index contributed by atoms with van der Waals surface area (Å²) in [6, 6.07) is -0.234. The lowest BCUT2D eigenvalue weighted by Crippen LogP contribution is -2.45. The van der Waals surface area contributed by atoms with Gasteiger partial charge >= 0.3 is 6.03 Å². The molecule has 0 saturated heterocycles. The highest BCUT2D eigenvalue weighted by molar-refractivity contribution is 8.00. The fourth-order valence-corrected chi connectivity index (χ4v) is 3.41. The van der Waals surface area contributed by atoms with Crippen LogP contribution in [0.3, 0.4) is 0 Å². The molecule has 1 fully saturated rings. The van der Waals surface area contributed by atoms with Crippen LogP contribution in [0.4, 0.5) is 4.79 Å². The first kappa shape index (κ1) is 17.5. The summed E-state index contributed by atoms with van der Waals surface area (Å²) in [5.41, 5.74) is 0. The third kappa shape index (κ3) is 4.82. The first-order valence-electron chi connectivity index (χ1n) is 7.80. The maximum Gasteiger partial charge on any atom is 0.321 e. The molecule has 3 amide bonds. The van der Waals surface area contributed by atoms with Crippen molar-refractivity contribution in [2.24, 2.45) is 0 Å². The zero-order chi connectivity index (χ0) is 16.8. The van der Waals surface area contributed by atoms with Gasteiger partial charge in [-0.1, -0.05) is 30.7 Å². The number of thioether (sulfide) groups is 1. The average molecular weight is 337 g/mol. The molecule has 2 rings (SSSR count). The van der Waals surface area contributed by atoms with E-state index in [9.17, 15) is 9.59 Å². The quantitative estimate of drug-likeness (QED) is 0.612. The largest absolute Gasteiger partial charge is 0.335 e. The van der Waals surface area contributed by atoms with E-state index in [0.717, 1.165) is 31.5 Å². The van der Waals surface area contributed by atoms with Crippen molar-refractivity contribution in [3.8, 4) is 0 Å². The number of allylic oxidation sites excluding steroid dienone is 1. The van der Waals surface area contributed by atoms with Gasteiger partial charge in [0.15, 0.2) is 5.16 Å². The van der Waals surface area contributed by atoms with Crippen LogP contribution in [0.2, 0.25) is 0 Å². The molecule has 0 unspecified atom stereocenters. The summed E-state index contributed by atoms with van der Waals surface area (Å²) in [6.45, 7) is 7.87. The summed E-state index contributed by atoms with van der Waals surface area (Å²) in [5.74, 6) is 0.426. The summed E-state index contributed by atoms with van der Waals surface area (Å²) < 4.78 is 1.88. The second-order valence-electron chi connectivity index (χ2n) is 5.63. The summed E-state index contributed by atoms with van der Waals surface area (Å²) in [5, 5.41) is 13.5. The minimum atomic E-state index is -0.448. The summed E-state index contributed by atoms with van der Waals surface area (Å²) in [6.07, 6.45) is 5.97. The molecule has 8 heteroatoms. The molecule has 1 aliphatic carbocycles. The molecule has 0 spiro atoms. The van der Waals surface area contributed by atoms with Gasteiger partial charge in [0.25, 0.3) is 0 Å². The average Bonchev–Trinajstić information content (AvgIpc) is 3.12. The van der Waals surface area contributed by atoms with Crippen molar-refractivity contribution in [1.82, 2.24) is 25.4 Å². The van der Waals surface area contributed by atoms with Gasteiger partial charge in [0.2, 0.25) is 5.91 Å². The number of rotatable bonds is 6. The fourth-order valence-electron chi connectivity index (χ4n) is 2.50. The lowest BCUT2D eigenvalue weighted by Gasteiger charge is -2.15. The molecule has 1 atom stereocenters. The number of urea groups is 1. The van der Waals surface area contributed by atoms with Gasteiger partial charge in [0.05, 0.1) is 5.25 Å². The molecule has 0 aliphatic heterocycles. The van der Waals surface area contributed by atoms with E-state index in [4.69, 9.17) is 0 Å². The van der Waals surface area contributed by atoms with Gasteiger partial charge < -0.3 is 9.88 Å². The fraction of sp³-hybridized carbons (Fsp3) is 0.600. The van der Waals surface area contributed by atoms with Gasteiger partial charge in [-0.3, -0.25) is 10.1 Å². The molecular weight excluding hydrogens is 314 g/mol. The van der Waals surface area contributed by atoms with Crippen LogP contribution in [0, 0.1) is 6.92 Å². The van der Waals surface area contributed by atoms with E-state index in [-0.39, 0.29) is 11.9 Å². The molecule has 126 valence electrons. The van der Waals surface area contributed by atoms with Crippen LogP contribution < -0.4 is 10.6 Å². The standard InChI is InChI=1S/C15H23N5O2S/c1-4-9-20-11(3)18-19-15(20)23-10(2)13(21)17-14(22)16-12-7-5-6-8-12/h4,10,12H,1,5-9H2,2-3H3,(H2,16,17,21,22)/t10-/m1/s1.